The Hall–Kier alpha value is -1.85. The Morgan fingerprint density at radius 3 is 2.89 bits per heavy atom. The molecule has 0 saturated carbocycles. The second-order valence-electron chi connectivity index (χ2n) is 4.44. The average molecular weight is 249 g/mol. The molecule has 0 fully saturated rings. The SMILES string of the molecule is CCCCCCCn1c(N)nc2nc[nH]c2c1=O. The van der Waals surface area contributed by atoms with Gasteiger partial charge >= 0.3 is 0 Å². The van der Waals surface area contributed by atoms with E-state index in [0.29, 0.717) is 17.7 Å². The van der Waals surface area contributed by atoms with Gasteiger partial charge < -0.3 is 10.7 Å². The molecular formula is C12H19N5O. The molecule has 0 aliphatic rings. The molecule has 0 aliphatic carbocycles. The minimum Gasteiger partial charge on any atom is -0.369 e. The molecule has 2 heterocycles. The maximum atomic E-state index is 12.1. The number of aromatic nitrogens is 4. The highest BCUT2D eigenvalue weighted by Gasteiger charge is 2.09. The largest absolute Gasteiger partial charge is 0.369 e. The van der Waals surface area contributed by atoms with E-state index in [2.05, 4.69) is 21.9 Å². The number of fused-ring (bicyclic) bond motifs is 1. The van der Waals surface area contributed by atoms with Gasteiger partial charge in [-0.3, -0.25) is 9.36 Å². The average Bonchev–Trinajstić information content (AvgIpc) is 2.80. The number of rotatable bonds is 6. The van der Waals surface area contributed by atoms with Gasteiger partial charge in [-0.1, -0.05) is 32.6 Å². The molecule has 2 aromatic heterocycles. The number of anilines is 1. The molecule has 0 aliphatic heterocycles. The fourth-order valence-electron chi connectivity index (χ4n) is 2.03. The summed E-state index contributed by atoms with van der Waals surface area (Å²) < 4.78 is 1.52. The van der Waals surface area contributed by atoms with Crippen molar-refractivity contribution < 1.29 is 0 Å². The van der Waals surface area contributed by atoms with Crippen molar-refractivity contribution in [3.8, 4) is 0 Å². The molecule has 6 nitrogen and oxygen atoms in total. The number of hydrogen-bond donors (Lipinski definition) is 2. The molecule has 0 aromatic carbocycles. The summed E-state index contributed by atoms with van der Waals surface area (Å²) in [5.74, 6) is 0.245. The highest BCUT2D eigenvalue weighted by molar-refractivity contribution is 5.69. The van der Waals surface area contributed by atoms with Crippen LogP contribution < -0.4 is 11.3 Å². The molecule has 6 heteroatoms. The summed E-state index contributed by atoms with van der Waals surface area (Å²) in [5.41, 5.74) is 6.47. The number of imidazole rings is 1. The Kier molecular flexibility index (Phi) is 3.96. The van der Waals surface area contributed by atoms with Gasteiger partial charge in [-0.05, 0) is 6.42 Å². The van der Waals surface area contributed by atoms with Gasteiger partial charge in [0.25, 0.3) is 5.56 Å². The van der Waals surface area contributed by atoms with E-state index in [4.69, 9.17) is 5.73 Å². The lowest BCUT2D eigenvalue weighted by atomic mass is 10.1. The molecule has 2 aromatic rings. The van der Waals surface area contributed by atoms with E-state index in [1.807, 2.05) is 0 Å². The van der Waals surface area contributed by atoms with Crippen LogP contribution in [0.3, 0.4) is 0 Å². The van der Waals surface area contributed by atoms with E-state index in [0.717, 1.165) is 12.8 Å². The van der Waals surface area contributed by atoms with Gasteiger partial charge in [0.15, 0.2) is 11.2 Å². The highest BCUT2D eigenvalue weighted by Crippen LogP contribution is 2.07. The molecule has 0 amide bonds. The first-order valence-electron chi connectivity index (χ1n) is 6.43. The summed E-state index contributed by atoms with van der Waals surface area (Å²) in [4.78, 5) is 23.0. The quantitative estimate of drug-likeness (QED) is 0.762. The van der Waals surface area contributed by atoms with Crippen molar-refractivity contribution in [2.75, 3.05) is 5.73 Å². The van der Waals surface area contributed by atoms with Crippen molar-refractivity contribution >= 4 is 17.1 Å². The first-order valence-corrected chi connectivity index (χ1v) is 6.43. The lowest BCUT2D eigenvalue weighted by molar-refractivity contribution is 0.561. The maximum Gasteiger partial charge on any atom is 0.280 e. The van der Waals surface area contributed by atoms with Crippen LogP contribution in [0.1, 0.15) is 39.0 Å². The van der Waals surface area contributed by atoms with Gasteiger partial charge in [-0.2, -0.15) is 4.98 Å². The molecule has 3 N–H and O–H groups in total. The van der Waals surface area contributed by atoms with Crippen molar-refractivity contribution in [3.05, 3.63) is 16.7 Å². The summed E-state index contributed by atoms with van der Waals surface area (Å²) in [6.45, 7) is 2.80. The Morgan fingerprint density at radius 1 is 1.33 bits per heavy atom. The lowest BCUT2D eigenvalue weighted by Gasteiger charge is -2.08. The number of H-pyrrole nitrogens is 1. The monoisotopic (exact) mass is 249 g/mol. The molecule has 0 saturated heterocycles. The Bertz CT molecular complexity index is 571. The topological polar surface area (TPSA) is 89.6 Å². The molecule has 98 valence electrons. The molecule has 0 bridgehead atoms. The highest BCUT2D eigenvalue weighted by atomic mass is 16.1. The van der Waals surface area contributed by atoms with E-state index in [1.54, 1.807) is 0 Å². The predicted octanol–water partition coefficient (Wildman–Crippen LogP) is 1.67. The van der Waals surface area contributed by atoms with Crippen molar-refractivity contribution in [1.29, 1.82) is 0 Å². The van der Waals surface area contributed by atoms with E-state index < -0.39 is 0 Å². The zero-order chi connectivity index (χ0) is 13.0. The van der Waals surface area contributed by atoms with Crippen LogP contribution in [0.5, 0.6) is 0 Å². The van der Waals surface area contributed by atoms with Crippen molar-refractivity contribution in [2.24, 2.45) is 0 Å². The van der Waals surface area contributed by atoms with Gasteiger partial charge in [0.2, 0.25) is 5.95 Å². The van der Waals surface area contributed by atoms with Crippen molar-refractivity contribution in [3.63, 3.8) is 0 Å². The molecule has 0 spiro atoms. The molecular weight excluding hydrogens is 230 g/mol. The molecule has 0 radical (unpaired) electrons. The van der Waals surface area contributed by atoms with Crippen LogP contribution >= 0.6 is 0 Å². The molecule has 0 atom stereocenters. The number of nitrogens with one attached hydrogen (secondary N) is 1. The standard InChI is InChI=1S/C12H19N5O/c1-2-3-4-5-6-7-17-11(18)9-10(15-8-14-9)16-12(17)13/h8H,2-7H2,1H3,(H2,13,16)(H,14,15). The number of nitrogens with two attached hydrogens (primary N) is 1. The van der Waals surface area contributed by atoms with Crippen LogP contribution in [-0.4, -0.2) is 19.5 Å². The van der Waals surface area contributed by atoms with Gasteiger partial charge in [-0.25, -0.2) is 4.98 Å². The van der Waals surface area contributed by atoms with Crippen LogP contribution in [0.2, 0.25) is 0 Å². The zero-order valence-electron chi connectivity index (χ0n) is 10.6. The second kappa shape index (κ2) is 5.66. The van der Waals surface area contributed by atoms with Crippen molar-refractivity contribution in [1.82, 2.24) is 19.5 Å². The molecule has 0 unspecified atom stereocenters. The summed E-state index contributed by atoms with van der Waals surface area (Å²) in [6.07, 6.45) is 7.17. The van der Waals surface area contributed by atoms with Gasteiger partial charge in [0.05, 0.1) is 6.33 Å². The Labute approximate surface area is 105 Å². The Balaban J connectivity index is 2.10. The van der Waals surface area contributed by atoms with E-state index in [-0.39, 0.29) is 11.5 Å². The first kappa shape index (κ1) is 12.6. The van der Waals surface area contributed by atoms with Crippen LogP contribution in [-0.2, 0) is 6.54 Å². The fourth-order valence-corrected chi connectivity index (χ4v) is 2.03. The van der Waals surface area contributed by atoms with Gasteiger partial charge in [0.1, 0.15) is 0 Å². The summed E-state index contributed by atoms with van der Waals surface area (Å²) >= 11 is 0. The molecule has 18 heavy (non-hydrogen) atoms. The summed E-state index contributed by atoms with van der Waals surface area (Å²) in [5, 5.41) is 0. The number of hydrogen-bond acceptors (Lipinski definition) is 4. The third-order valence-electron chi connectivity index (χ3n) is 3.06. The number of unbranched alkanes of at least 4 members (excludes halogenated alkanes) is 4. The Morgan fingerprint density at radius 2 is 2.11 bits per heavy atom. The smallest absolute Gasteiger partial charge is 0.280 e. The lowest BCUT2D eigenvalue weighted by Crippen LogP contribution is -2.24. The van der Waals surface area contributed by atoms with Crippen LogP contribution in [0.25, 0.3) is 11.2 Å². The minimum atomic E-state index is -0.134. The predicted molar refractivity (Wildman–Crippen MR) is 71.3 cm³/mol. The van der Waals surface area contributed by atoms with E-state index >= 15 is 0 Å². The van der Waals surface area contributed by atoms with Gasteiger partial charge in [-0.15, -0.1) is 0 Å². The van der Waals surface area contributed by atoms with Crippen molar-refractivity contribution in [2.45, 2.75) is 45.6 Å². The summed E-state index contributed by atoms with van der Waals surface area (Å²) in [6, 6.07) is 0. The zero-order valence-corrected chi connectivity index (χ0v) is 10.6. The third kappa shape index (κ3) is 2.52. The number of nitrogens with zero attached hydrogens (tertiary/aromatic N) is 3. The normalized spacial score (nSPS) is 11.2. The maximum absolute atomic E-state index is 12.1. The second-order valence-corrected chi connectivity index (χ2v) is 4.44. The number of nitrogen functional groups attached to an aromatic ring is 1. The number of aromatic amines is 1. The van der Waals surface area contributed by atoms with Crippen LogP contribution in [0, 0.1) is 0 Å². The molecule has 2 rings (SSSR count). The first-order chi connectivity index (χ1) is 8.74. The van der Waals surface area contributed by atoms with Gasteiger partial charge in [0, 0.05) is 6.54 Å². The summed E-state index contributed by atoms with van der Waals surface area (Å²) in [7, 11) is 0. The van der Waals surface area contributed by atoms with Crippen LogP contribution in [0.4, 0.5) is 5.95 Å². The van der Waals surface area contributed by atoms with Crippen LogP contribution in [0.15, 0.2) is 11.1 Å². The van der Waals surface area contributed by atoms with E-state index in [1.165, 1.54) is 30.2 Å². The van der Waals surface area contributed by atoms with E-state index in [9.17, 15) is 4.79 Å². The minimum absolute atomic E-state index is 0.134. The fraction of sp³-hybridized carbons (Fsp3) is 0.583. The third-order valence-corrected chi connectivity index (χ3v) is 3.06.